The molecule has 3 aromatic rings. The molecule has 208 valence electrons. The van der Waals surface area contributed by atoms with Crippen molar-refractivity contribution in [1.82, 2.24) is 15.2 Å². The molecule has 1 aromatic heterocycles. The number of hydrogen-bond acceptors (Lipinski definition) is 6. The molecule has 0 radical (unpaired) electrons. The molecule has 2 N–H and O–H groups in total. The van der Waals surface area contributed by atoms with Gasteiger partial charge >= 0.3 is 12.1 Å². The zero-order valence-corrected chi connectivity index (χ0v) is 25.5. The minimum absolute atomic E-state index is 0.260. The molecular weight excluding hydrogens is 578 g/mol. The molecule has 2 aromatic carbocycles. The largest absolute Gasteiger partial charge is 0.444 e. The monoisotopic (exact) mass is 613 g/mol. The van der Waals surface area contributed by atoms with Gasteiger partial charge < -0.3 is 19.9 Å². The summed E-state index contributed by atoms with van der Waals surface area (Å²) in [4.78, 5) is 33.5. The number of nitrogens with one attached hydrogen (secondary N) is 2. The Hall–Kier alpha value is -3.11. The van der Waals surface area contributed by atoms with E-state index in [2.05, 4.69) is 74.6 Å². The lowest BCUT2D eigenvalue weighted by Gasteiger charge is -2.36. The zero-order valence-electron chi connectivity index (χ0n) is 23.1. The average molecular weight is 615 g/mol. The van der Waals surface area contributed by atoms with Gasteiger partial charge in [0.25, 0.3) is 0 Å². The summed E-state index contributed by atoms with van der Waals surface area (Å²) in [6.07, 6.45) is -0.260. The van der Waals surface area contributed by atoms with Crippen molar-refractivity contribution in [2.75, 3.05) is 36.4 Å². The molecule has 1 saturated heterocycles. The summed E-state index contributed by atoms with van der Waals surface area (Å²) in [5, 5.41) is 8.32. The SMILES string of the molecule is CC(C)(C)OC(=O)N1CCN(c2ccc(CNC(=O)Nc3nc(C(C)(C)c4ccc(Br)cc4)cs3)cc2)CC1. The maximum absolute atomic E-state index is 12.5. The first-order chi connectivity index (χ1) is 18.4. The van der Waals surface area contributed by atoms with Gasteiger partial charge in [-0.2, -0.15) is 0 Å². The standard InChI is InChI=1S/C29H36BrN5O3S/c1-28(2,3)38-27(37)35-16-14-34(15-17-35)23-12-6-20(7-13-23)18-31-25(36)33-26-32-24(19-39-26)29(4,5)21-8-10-22(30)11-9-21/h6-13,19H,14-18H2,1-5H3,(H2,31,32,33,36). The Morgan fingerprint density at radius 2 is 1.62 bits per heavy atom. The van der Waals surface area contributed by atoms with Gasteiger partial charge in [0.05, 0.1) is 5.69 Å². The fourth-order valence-electron chi connectivity index (χ4n) is 4.25. The number of carbonyl (C=O) groups excluding carboxylic acids is 2. The summed E-state index contributed by atoms with van der Waals surface area (Å²) in [6.45, 7) is 13.0. The molecule has 2 heterocycles. The highest BCUT2D eigenvalue weighted by Gasteiger charge is 2.27. The van der Waals surface area contributed by atoms with Crippen LogP contribution in [-0.2, 0) is 16.7 Å². The van der Waals surface area contributed by atoms with Crippen LogP contribution in [0.1, 0.15) is 51.4 Å². The van der Waals surface area contributed by atoms with E-state index in [1.807, 2.05) is 50.4 Å². The molecule has 0 saturated carbocycles. The topological polar surface area (TPSA) is 86.8 Å². The quantitative estimate of drug-likeness (QED) is 0.327. The number of rotatable bonds is 6. The molecule has 0 unspecified atom stereocenters. The molecule has 8 nitrogen and oxygen atoms in total. The molecule has 0 atom stereocenters. The lowest BCUT2D eigenvalue weighted by Crippen LogP contribution is -2.50. The molecule has 0 spiro atoms. The number of thiazole rings is 1. The Morgan fingerprint density at radius 3 is 2.23 bits per heavy atom. The van der Waals surface area contributed by atoms with Crippen LogP contribution in [0.15, 0.2) is 58.4 Å². The fraction of sp³-hybridized carbons (Fsp3) is 0.414. The highest BCUT2D eigenvalue weighted by atomic mass is 79.9. The van der Waals surface area contributed by atoms with Crippen molar-refractivity contribution in [2.45, 2.75) is 52.2 Å². The van der Waals surface area contributed by atoms with E-state index in [0.717, 1.165) is 40.1 Å². The van der Waals surface area contributed by atoms with Crippen LogP contribution in [0.2, 0.25) is 0 Å². The van der Waals surface area contributed by atoms with E-state index in [4.69, 9.17) is 4.74 Å². The third-order valence-corrected chi connectivity index (χ3v) is 7.90. The van der Waals surface area contributed by atoms with Crippen molar-refractivity contribution in [1.29, 1.82) is 0 Å². The van der Waals surface area contributed by atoms with Crippen molar-refractivity contribution >= 4 is 50.2 Å². The van der Waals surface area contributed by atoms with Gasteiger partial charge in [0.2, 0.25) is 0 Å². The maximum Gasteiger partial charge on any atom is 0.410 e. The van der Waals surface area contributed by atoms with E-state index < -0.39 is 5.60 Å². The average Bonchev–Trinajstić information content (AvgIpc) is 3.36. The van der Waals surface area contributed by atoms with E-state index in [-0.39, 0.29) is 17.5 Å². The second kappa shape index (κ2) is 12.0. The molecule has 39 heavy (non-hydrogen) atoms. The summed E-state index contributed by atoms with van der Waals surface area (Å²) in [7, 11) is 0. The molecule has 1 aliphatic rings. The molecule has 1 fully saturated rings. The van der Waals surface area contributed by atoms with Gasteiger partial charge in [-0.05, 0) is 56.2 Å². The van der Waals surface area contributed by atoms with Crippen molar-refractivity contribution in [3.05, 3.63) is 75.2 Å². The van der Waals surface area contributed by atoms with Crippen molar-refractivity contribution in [3.63, 3.8) is 0 Å². The number of urea groups is 1. The van der Waals surface area contributed by atoms with Gasteiger partial charge in [0.15, 0.2) is 5.13 Å². The summed E-state index contributed by atoms with van der Waals surface area (Å²) in [5.74, 6) is 0. The Bertz CT molecular complexity index is 1280. The molecule has 10 heteroatoms. The van der Waals surface area contributed by atoms with Crippen LogP contribution in [0, 0.1) is 0 Å². The smallest absolute Gasteiger partial charge is 0.410 e. The maximum atomic E-state index is 12.5. The van der Waals surface area contributed by atoms with Gasteiger partial charge in [0.1, 0.15) is 5.60 Å². The van der Waals surface area contributed by atoms with Crippen LogP contribution in [0.3, 0.4) is 0 Å². The van der Waals surface area contributed by atoms with E-state index >= 15 is 0 Å². The molecular formula is C29H36BrN5O3S. The van der Waals surface area contributed by atoms with Crippen molar-refractivity contribution < 1.29 is 14.3 Å². The van der Waals surface area contributed by atoms with Gasteiger partial charge in [-0.1, -0.05) is 54.0 Å². The summed E-state index contributed by atoms with van der Waals surface area (Å²) >= 11 is 4.90. The number of amides is 3. The first kappa shape index (κ1) is 28.9. The Balaban J connectivity index is 1.24. The van der Waals surface area contributed by atoms with Gasteiger partial charge in [-0.15, -0.1) is 11.3 Å². The Labute approximate surface area is 242 Å². The molecule has 1 aliphatic heterocycles. The molecule has 0 bridgehead atoms. The van der Waals surface area contributed by atoms with Gasteiger partial charge in [-0.3, -0.25) is 5.32 Å². The zero-order chi connectivity index (χ0) is 28.2. The third-order valence-electron chi connectivity index (χ3n) is 6.62. The first-order valence-electron chi connectivity index (χ1n) is 13.0. The van der Waals surface area contributed by atoms with Crippen LogP contribution in [0.5, 0.6) is 0 Å². The molecule has 4 rings (SSSR count). The van der Waals surface area contributed by atoms with E-state index in [9.17, 15) is 9.59 Å². The number of halogens is 1. The van der Waals surface area contributed by atoms with Crippen LogP contribution in [-0.4, -0.2) is 53.8 Å². The van der Waals surface area contributed by atoms with Gasteiger partial charge in [0, 0.05) is 53.7 Å². The van der Waals surface area contributed by atoms with E-state index in [1.165, 1.54) is 11.3 Å². The first-order valence-corrected chi connectivity index (χ1v) is 14.7. The van der Waals surface area contributed by atoms with Crippen LogP contribution < -0.4 is 15.5 Å². The highest BCUT2D eigenvalue weighted by Crippen LogP contribution is 2.34. The second-order valence-corrected chi connectivity index (χ2v) is 12.9. The van der Waals surface area contributed by atoms with Gasteiger partial charge in [-0.25, -0.2) is 14.6 Å². The van der Waals surface area contributed by atoms with Crippen LogP contribution in [0.25, 0.3) is 0 Å². The third kappa shape index (κ3) is 7.73. The van der Waals surface area contributed by atoms with Crippen molar-refractivity contribution in [2.24, 2.45) is 0 Å². The Morgan fingerprint density at radius 1 is 0.974 bits per heavy atom. The minimum Gasteiger partial charge on any atom is -0.444 e. The highest BCUT2D eigenvalue weighted by molar-refractivity contribution is 9.10. The van der Waals surface area contributed by atoms with E-state index in [0.29, 0.717) is 24.8 Å². The Kier molecular flexibility index (Phi) is 8.86. The lowest BCUT2D eigenvalue weighted by molar-refractivity contribution is 0.0240. The predicted molar refractivity (Wildman–Crippen MR) is 161 cm³/mol. The number of ether oxygens (including phenoxy) is 1. The number of carbonyl (C=O) groups is 2. The number of anilines is 2. The number of piperazine rings is 1. The predicted octanol–water partition coefficient (Wildman–Crippen LogP) is 6.61. The summed E-state index contributed by atoms with van der Waals surface area (Å²) in [6, 6.07) is 16.0. The number of hydrogen-bond donors (Lipinski definition) is 2. The number of aromatic nitrogens is 1. The van der Waals surface area contributed by atoms with Crippen LogP contribution >= 0.6 is 27.3 Å². The fourth-order valence-corrected chi connectivity index (χ4v) is 5.39. The lowest BCUT2D eigenvalue weighted by atomic mass is 9.82. The normalized spacial score (nSPS) is 14.2. The summed E-state index contributed by atoms with van der Waals surface area (Å²) < 4.78 is 6.51. The second-order valence-electron chi connectivity index (χ2n) is 11.1. The molecule has 3 amide bonds. The number of nitrogens with zero attached hydrogens (tertiary/aromatic N) is 3. The van der Waals surface area contributed by atoms with Crippen molar-refractivity contribution in [3.8, 4) is 0 Å². The number of benzene rings is 2. The minimum atomic E-state index is -0.491. The van der Waals surface area contributed by atoms with Crippen LogP contribution in [0.4, 0.5) is 20.4 Å². The summed E-state index contributed by atoms with van der Waals surface area (Å²) in [5.41, 5.74) is 3.38. The molecule has 0 aliphatic carbocycles. The van der Waals surface area contributed by atoms with E-state index in [1.54, 1.807) is 4.90 Å².